The lowest BCUT2D eigenvalue weighted by atomic mass is 10.4. The fourth-order valence-corrected chi connectivity index (χ4v) is 1.87. The summed E-state index contributed by atoms with van der Waals surface area (Å²) in [4.78, 5) is 15.9. The summed E-state index contributed by atoms with van der Waals surface area (Å²) in [6.07, 6.45) is 2.68. The van der Waals surface area contributed by atoms with Crippen molar-refractivity contribution < 1.29 is 18.7 Å². The second-order valence-corrected chi connectivity index (χ2v) is 5.46. The fraction of sp³-hybridized carbons (Fsp3) is 0.647. The van der Waals surface area contributed by atoms with Crippen molar-refractivity contribution >= 4 is 35.9 Å². The average molecular weight is 467 g/mol. The van der Waals surface area contributed by atoms with Gasteiger partial charge in [-0.25, -0.2) is 0 Å². The Morgan fingerprint density at radius 3 is 2.80 bits per heavy atom. The van der Waals surface area contributed by atoms with Crippen LogP contribution in [0.3, 0.4) is 0 Å². The van der Waals surface area contributed by atoms with Crippen molar-refractivity contribution in [1.82, 2.24) is 10.6 Å². The maximum absolute atomic E-state index is 11.5. The molecule has 7 nitrogen and oxygen atoms in total. The van der Waals surface area contributed by atoms with Crippen LogP contribution in [0.4, 0.5) is 0 Å². The van der Waals surface area contributed by atoms with Gasteiger partial charge in [-0.1, -0.05) is 0 Å². The van der Waals surface area contributed by atoms with Crippen molar-refractivity contribution in [1.29, 1.82) is 0 Å². The zero-order valence-electron chi connectivity index (χ0n) is 15.2. The number of rotatable bonds is 11. The highest BCUT2D eigenvalue weighted by atomic mass is 127. The van der Waals surface area contributed by atoms with Crippen LogP contribution in [-0.4, -0.2) is 44.3 Å². The van der Waals surface area contributed by atoms with Crippen LogP contribution in [0.25, 0.3) is 0 Å². The van der Waals surface area contributed by atoms with Crippen molar-refractivity contribution in [3.63, 3.8) is 0 Å². The summed E-state index contributed by atoms with van der Waals surface area (Å²) in [6.45, 7) is 8.66. The van der Waals surface area contributed by atoms with Gasteiger partial charge in [0.1, 0.15) is 12.4 Å². The molecule has 25 heavy (non-hydrogen) atoms. The van der Waals surface area contributed by atoms with E-state index < -0.39 is 0 Å². The number of aliphatic imine (C=N–C) groups is 1. The Labute approximate surface area is 166 Å². The van der Waals surface area contributed by atoms with Crippen LogP contribution in [-0.2, 0) is 20.9 Å². The Morgan fingerprint density at radius 1 is 1.36 bits per heavy atom. The molecule has 1 aromatic rings. The summed E-state index contributed by atoms with van der Waals surface area (Å²) in [5.74, 6) is 1.31. The monoisotopic (exact) mass is 467 g/mol. The lowest BCUT2D eigenvalue weighted by Gasteiger charge is -2.12. The minimum absolute atomic E-state index is 0. The summed E-state index contributed by atoms with van der Waals surface area (Å²) < 4.78 is 15.8. The van der Waals surface area contributed by atoms with Crippen LogP contribution in [0, 0.1) is 0 Å². The lowest BCUT2D eigenvalue weighted by molar-refractivity contribution is -0.147. The Hall–Kier alpha value is -1.29. The summed E-state index contributed by atoms with van der Waals surface area (Å²) >= 11 is 0. The Kier molecular flexibility index (Phi) is 14.2. The normalized spacial score (nSPS) is 11.1. The minimum atomic E-state index is -0.209. The molecule has 1 heterocycles. The predicted molar refractivity (Wildman–Crippen MR) is 108 cm³/mol. The lowest BCUT2D eigenvalue weighted by Crippen LogP contribution is -2.38. The molecule has 0 aliphatic carbocycles. The molecule has 0 aromatic carbocycles. The molecule has 2 N–H and O–H groups in total. The molecule has 0 aliphatic rings. The van der Waals surface area contributed by atoms with Gasteiger partial charge in [-0.15, -0.1) is 24.0 Å². The first-order chi connectivity index (χ1) is 11.6. The third kappa shape index (κ3) is 12.7. The van der Waals surface area contributed by atoms with E-state index in [1.807, 2.05) is 32.9 Å². The Balaban J connectivity index is 0.00000576. The van der Waals surface area contributed by atoms with Crippen LogP contribution in [0.1, 0.15) is 39.4 Å². The van der Waals surface area contributed by atoms with Crippen LogP contribution in [0.5, 0.6) is 0 Å². The SMILES string of the molecule is CCNC(=NCCCOCc1ccco1)NCCC(=O)OC(C)C.I. The number of nitrogens with zero attached hydrogens (tertiary/aromatic N) is 1. The predicted octanol–water partition coefficient (Wildman–Crippen LogP) is 2.70. The molecule has 0 saturated carbocycles. The molecule has 0 fully saturated rings. The molecule has 0 amide bonds. The Bertz CT molecular complexity index is 478. The van der Waals surface area contributed by atoms with Crippen molar-refractivity contribution in [3.05, 3.63) is 24.2 Å². The second-order valence-electron chi connectivity index (χ2n) is 5.46. The molecular weight excluding hydrogens is 437 g/mol. The standard InChI is InChI=1S/C17H29N3O4.HI/c1-4-18-17(20-10-8-16(21)24-14(2)3)19-9-6-11-22-13-15-7-5-12-23-15;/h5,7,12,14H,4,6,8-11,13H2,1-3H3,(H2,18,19,20);1H. The topological polar surface area (TPSA) is 85.1 Å². The Morgan fingerprint density at radius 2 is 2.16 bits per heavy atom. The van der Waals surface area contributed by atoms with Gasteiger partial charge in [0.25, 0.3) is 0 Å². The molecule has 0 aliphatic heterocycles. The van der Waals surface area contributed by atoms with E-state index in [0.29, 0.717) is 38.7 Å². The van der Waals surface area contributed by atoms with Crippen LogP contribution in [0.2, 0.25) is 0 Å². The molecule has 0 radical (unpaired) electrons. The van der Waals surface area contributed by atoms with Crippen molar-refractivity contribution in [2.24, 2.45) is 4.99 Å². The molecule has 0 spiro atoms. The van der Waals surface area contributed by atoms with Crippen molar-refractivity contribution in [2.45, 2.75) is 46.3 Å². The summed E-state index contributed by atoms with van der Waals surface area (Å²) in [7, 11) is 0. The van der Waals surface area contributed by atoms with E-state index in [1.54, 1.807) is 6.26 Å². The highest BCUT2D eigenvalue weighted by Crippen LogP contribution is 2.01. The first-order valence-electron chi connectivity index (χ1n) is 8.43. The molecule has 1 rings (SSSR count). The van der Waals surface area contributed by atoms with Crippen molar-refractivity contribution in [2.75, 3.05) is 26.2 Å². The van der Waals surface area contributed by atoms with E-state index in [2.05, 4.69) is 15.6 Å². The van der Waals surface area contributed by atoms with Crippen molar-refractivity contribution in [3.8, 4) is 0 Å². The van der Waals surface area contributed by atoms with Gasteiger partial charge in [-0.2, -0.15) is 0 Å². The van der Waals surface area contributed by atoms with E-state index in [4.69, 9.17) is 13.9 Å². The van der Waals surface area contributed by atoms with Crippen LogP contribution >= 0.6 is 24.0 Å². The minimum Gasteiger partial charge on any atom is -0.467 e. The second kappa shape index (κ2) is 15.0. The number of furan rings is 1. The van der Waals surface area contributed by atoms with Crippen LogP contribution < -0.4 is 10.6 Å². The zero-order valence-corrected chi connectivity index (χ0v) is 17.6. The number of nitrogens with one attached hydrogen (secondary N) is 2. The molecule has 0 saturated heterocycles. The van der Waals surface area contributed by atoms with Gasteiger partial charge in [0.05, 0.1) is 18.8 Å². The van der Waals surface area contributed by atoms with Gasteiger partial charge in [0, 0.05) is 26.2 Å². The molecule has 1 aromatic heterocycles. The quantitative estimate of drug-likeness (QED) is 0.171. The van der Waals surface area contributed by atoms with E-state index >= 15 is 0 Å². The van der Waals surface area contributed by atoms with E-state index in [0.717, 1.165) is 18.7 Å². The molecule has 0 bridgehead atoms. The third-order valence-electron chi connectivity index (χ3n) is 2.87. The number of carbonyl (C=O) groups is 1. The smallest absolute Gasteiger partial charge is 0.307 e. The summed E-state index contributed by atoms with van der Waals surface area (Å²) in [5, 5.41) is 6.26. The first-order valence-corrected chi connectivity index (χ1v) is 8.43. The molecule has 8 heteroatoms. The number of ether oxygens (including phenoxy) is 2. The number of esters is 1. The largest absolute Gasteiger partial charge is 0.467 e. The molecule has 144 valence electrons. The first kappa shape index (κ1) is 23.7. The maximum Gasteiger partial charge on any atom is 0.307 e. The van der Waals surface area contributed by atoms with Gasteiger partial charge in [0.15, 0.2) is 5.96 Å². The molecule has 0 unspecified atom stereocenters. The van der Waals surface area contributed by atoms with Crippen LogP contribution in [0.15, 0.2) is 27.8 Å². The van der Waals surface area contributed by atoms with E-state index in [1.165, 1.54) is 0 Å². The summed E-state index contributed by atoms with van der Waals surface area (Å²) in [6, 6.07) is 3.73. The maximum atomic E-state index is 11.5. The third-order valence-corrected chi connectivity index (χ3v) is 2.87. The number of guanidine groups is 1. The van der Waals surface area contributed by atoms with Gasteiger partial charge in [0.2, 0.25) is 0 Å². The number of hydrogen-bond acceptors (Lipinski definition) is 5. The average Bonchev–Trinajstić information content (AvgIpc) is 3.03. The fourth-order valence-electron chi connectivity index (χ4n) is 1.87. The zero-order chi connectivity index (χ0) is 17.6. The van der Waals surface area contributed by atoms with Gasteiger partial charge in [-0.05, 0) is 39.3 Å². The van der Waals surface area contributed by atoms with Gasteiger partial charge < -0.3 is 24.5 Å². The number of hydrogen-bond donors (Lipinski definition) is 2. The highest BCUT2D eigenvalue weighted by molar-refractivity contribution is 14.0. The number of carbonyl (C=O) groups excluding carboxylic acids is 1. The van der Waals surface area contributed by atoms with E-state index in [-0.39, 0.29) is 36.0 Å². The van der Waals surface area contributed by atoms with Gasteiger partial charge in [-0.3, -0.25) is 9.79 Å². The van der Waals surface area contributed by atoms with E-state index in [9.17, 15) is 4.79 Å². The number of halogens is 1. The van der Waals surface area contributed by atoms with Gasteiger partial charge >= 0.3 is 5.97 Å². The summed E-state index contributed by atoms with van der Waals surface area (Å²) in [5.41, 5.74) is 0. The highest BCUT2D eigenvalue weighted by Gasteiger charge is 2.05. The molecule has 0 atom stereocenters. The molecular formula is C17H30IN3O4.